The van der Waals surface area contributed by atoms with Crippen molar-refractivity contribution in [2.75, 3.05) is 18.5 Å². The van der Waals surface area contributed by atoms with Gasteiger partial charge in [0.1, 0.15) is 28.7 Å². The van der Waals surface area contributed by atoms with Crippen LogP contribution >= 0.6 is 0 Å². The lowest BCUT2D eigenvalue weighted by molar-refractivity contribution is 0.102. The minimum atomic E-state index is -0.540. The van der Waals surface area contributed by atoms with Gasteiger partial charge in [-0.05, 0) is 67.1 Å². The molecule has 0 saturated carbocycles. The highest BCUT2D eigenvalue weighted by Gasteiger charge is 2.21. The Morgan fingerprint density at radius 3 is 2.63 bits per heavy atom. The molecule has 0 radical (unpaired) electrons. The van der Waals surface area contributed by atoms with Crippen molar-refractivity contribution in [3.05, 3.63) is 108 Å². The summed E-state index contributed by atoms with van der Waals surface area (Å²) in [7, 11) is 1.73. The molecule has 6 aromatic rings. The number of halogens is 2. The van der Waals surface area contributed by atoms with Gasteiger partial charge in [-0.3, -0.25) is 9.48 Å². The molecule has 1 aliphatic rings. The van der Waals surface area contributed by atoms with Crippen molar-refractivity contribution in [2.45, 2.75) is 19.4 Å². The van der Waals surface area contributed by atoms with Gasteiger partial charge in [0.15, 0.2) is 11.5 Å². The van der Waals surface area contributed by atoms with Crippen LogP contribution < -0.4 is 14.8 Å². The molecule has 1 N–H and O–H groups in total. The maximum Gasteiger partial charge on any atom is 0.259 e. The molecular formula is C33H28F2N8O3. The normalized spacial score (nSPS) is 13.3. The number of amides is 1. The lowest BCUT2D eigenvalue weighted by atomic mass is 10.1. The molecule has 7 rings (SSSR count). The Labute approximate surface area is 262 Å². The quantitative estimate of drug-likeness (QED) is 0.238. The van der Waals surface area contributed by atoms with Gasteiger partial charge in [-0.2, -0.15) is 10.2 Å². The highest BCUT2D eigenvalue weighted by molar-refractivity contribution is 6.08. The molecule has 1 aliphatic heterocycles. The lowest BCUT2D eigenvalue weighted by Gasteiger charge is -2.13. The molecule has 0 bridgehead atoms. The maximum atomic E-state index is 15.1. The van der Waals surface area contributed by atoms with Crippen LogP contribution in [0.3, 0.4) is 0 Å². The predicted octanol–water partition coefficient (Wildman–Crippen LogP) is 5.83. The summed E-state index contributed by atoms with van der Waals surface area (Å²) in [5.41, 5.74) is 3.20. The van der Waals surface area contributed by atoms with Gasteiger partial charge in [0.05, 0.1) is 31.0 Å². The Morgan fingerprint density at radius 1 is 0.978 bits per heavy atom. The number of carbonyl (C=O) groups is 1. The van der Waals surface area contributed by atoms with Crippen LogP contribution in [0.4, 0.5) is 14.5 Å². The number of carbonyl (C=O) groups excluding carboxylic acids is 1. The molecular weight excluding hydrogens is 594 g/mol. The van der Waals surface area contributed by atoms with Crippen molar-refractivity contribution in [3.8, 4) is 39.7 Å². The molecule has 0 spiro atoms. The highest BCUT2D eigenvalue weighted by atomic mass is 19.1. The second-order valence-corrected chi connectivity index (χ2v) is 10.8. The largest absolute Gasteiger partial charge is 0.490 e. The maximum absolute atomic E-state index is 15.1. The van der Waals surface area contributed by atoms with Crippen molar-refractivity contribution in [1.29, 1.82) is 0 Å². The first-order valence-corrected chi connectivity index (χ1v) is 14.6. The van der Waals surface area contributed by atoms with E-state index in [-0.39, 0.29) is 11.3 Å². The van der Waals surface area contributed by atoms with Crippen LogP contribution in [0, 0.1) is 11.6 Å². The predicted molar refractivity (Wildman–Crippen MR) is 165 cm³/mol. The Hall–Kier alpha value is -5.85. The summed E-state index contributed by atoms with van der Waals surface area (Å²) in [5.74, 6) is -0.172. The third-order valence-electron chi connectivity index (χ3n) is 7.71. The van der Waals surface area contributed by atoms with E-state index in [2.05, 4.69) is 25.8 Å². The standard InChI is InChI=1S/C33H28F2N8O3/c1-20(21-5-9-29(27(35)15-21)42-12-3-11-36-42)43-19-28(38-40-43)24-17-23(7-8-26(24)34)37-33(44)25-18-41(2)39-32(25)22-6-10-30-31(16-22)46-14-4-13-45-30/h3,5-12,15-20H,4,13-14H2,1-2H3,(H,37,44)/t20-/m1/s1. The first-order valence-electron chi connectivity index (χ1n) is 14.6. The number of fused-ring (bicyclic) bond motifs is 1. The van der Waals surface area contributed by atoms with Gasteiger partial charge in [-0.15, -0.1) is 5.10 Å². The van der Waals surface area contributed by atoms with Crippen LogP contribution in [0.25, 0.3) is 28.2 Å². The van der Waals surface area contributed by atoms with Gasteiger partial charge in [-0.1, -0.05) is 11.3 Å². The number of rotatable bonds is 7. The van der Waals surface area contributed by atoms with E-state index in [0.29, 0.717) is 58.5 Å². The molecule has 0 unspecified atom stereocenters. The number of aromatic nitrogens is 7. The summed E-state index contributed by atoms with van der Waals surface area (Å²) >= 11 is 0. The van der Waals surface area contributed by atoms with E-state index < -0.39 is 23.6 Å². The Morgan fingerprint density at radius 2 is 1.83 bits per heavy atom. The fraction of sp³-hybridized carbons (Fsp3) is 0.182. The minimum Gasteiger partial charge on any atom is -0.490 e. The van der Waals surface area contributed by atoms with Crippen molar-refractivity contribution in [2.24, 2.45) is 7.05 Å². The number of ether oxygens (including phenoxy) is 2. The monoisotopic (exact) mass is 622 g/mol. The number of benzene rings is 3. The van der Waals surface area contributed by atoms with E-state index in [1.54, 1.807) is 60.8 Å². The number of hydrogen-bond donors (Lipinski definition) is 1. The summed E-state index contributed by atoms with van der Waals surface area (Å²) in [6.07, 6.45) is 7.21. The second-order valence-electron chi connectivity index (χ2n) is 10.8. The molecule has 1 atom stereocenters. The highest BCUT2D eigenvalue weighted by Crippen LogP contribution is 2.35. The van der Waals surface area contributed by atoms with E-state index in [9.17, 15) is 9.18 Å². The summed E-state index contributed by atoms with van der Waals surface area (Å²) in [6, 6.07) is 15.8. The molecule has 11 nitrogen and oxygen atoms in total. The zero-order valence-electron chi connectivity index (χ0n) is 24.9. The van der Waals surface area contributed by atoms with Crippen LogP contribution in [0.1, 0.15) is 35.3 Å². The Balaban J connectivity index is 1.11. The molecule has 3 aromatic heterocycles. The van der Waals surface area contributed by atoms with Gasteiger partial charge in [-0.25, -0.2) is 18.1 Å². The minimum absolute atomic E-state index is 0.144. The smallest absolute Gasteiger partial charge is 0.259 e. The van der Waals surface area contributed by atoms with E-state index in [1.165, 1.54) is 33.6 Å². The molecule has 232 valence electrons. The molecule has 4 heterocycles. The first kappa shape index (κ1) is 28.9. The van der Waals surface area contributed by atoms with Crippen LogP contribution in [0.2, 0.25) is 0 Å². The molecule has 46 heavy (non-hydrogen) atoms. The van der Waals surface area contributed by atoms with Gasteiger partial charge in [0.2, 0.25) is 0 Å². The number of anilines is 1. The van der Waals surface area contributed by atoms with Crippen LogP contribution in [0.5, 0.6) is 11.5 Å². The molecule has 13 heteroatoms. The van der Waals surface area contributed by atoms with E-state index in [4.69, 9.17) is 9.47 Å². The van der Waals surface area contributed by atoms with E-state index in [1.807, 2.05) is 19.1 Å². The second kappa shape index (κ2) is 11.9. The molecule has 0 fully saturated rings. The zero-order valence-corrected chi connectivity index (χ0v) is 24.9. The summed E-state index contributed by atoms with van der Waals surface area (Å²) in [4.78, 5) is 13.5. The lowest BCUT2D eigenvalue weighted by Crippen LogP contribution is -2.12. The van der Waals surface area contributed by atoms with Crippen molar-refractivity contribution >= 4 is 11.6 Å². The van der Waals surface area contributed by atoms with Crippen LogP contribution in [0.15, 0.2) is 85.5 Å². The van der Waals surface area contributed by atoms with Crippen LogP contribution in [-0.2, 0) is 7.05 Å². The van der Waals surface area contributed by atoms with Gasteiger partial charge >= 0.3 is 0 Å². The first-order chi connectivity index (χ1) is 22.3. The Kier molecular flexibility index (Phi) is 7.48. The van der Waals surface area contributed by atoms with Crippen molar-refractivity contribution in [1.82, 2.24) is 34.6 Å². The number of nitrogens with one attached hydrogen (secondary N) is 1. The third kappa shape index (κ3) is 5.58. The molecule has 0 aliphatic carbocycles. The molecule has 1 amide bonds. The van der Waals surface area contributed by atoms with Gasteiger partial charge in [0, 0.05) is 48.9 Å². The SMILES string of the molecule is C[C@H](c1ccc(-n2cccn2)c(F)c1)n1cc(-c2cc(NC(=O)c3cn(C)nc3-c3ccc4c(c3)OCCCO4)ccc2F)nn1. The summed E-state index contributed by atoms with van der Waals surface area (Å²) < 4.78 is 46.0. The average molecular weight is 623 g/mol. The van der Waals surface area contributed by atoms with E-state index >= 15 is 4.39 Å². The number of nitrogens with zero attached hydrogens (tertiary/aromatic N) is 7. The number of hydrogen-bond acceptors (Lipinski definition) is 7. The summed E-state index contributed by atoms with van der Waals surface area (Å²) in [5, 5.41) is 19.8. The van der Waals surface area contributed by atoms with Crippen molar-refractivity contribution in [3.63, 3.8) is 0 Å². The Bertz CT molecular complexity index is 2050. The van der Waals surface area contributed by atoms with Gasteiger partial charge < -0.3 is 14.8 Å². The zero-order chi connectivity index (χ0) is 31.8. The average Bonchev–Trinajstić information content (AvgIpc) is 3.81. The van der Waals surface area contributed by atoms with E-state index in [0.717, 1.165) is 6.42 Å². The van der Waals surface area contributed by atoms with Crippen molar-refractivity contribution < 1.29 is 23.0 Å². The topological polar surface area (TPSA) is 114 Å². The fourth-order valence-electron chi connectivity index (χ4n) is 5.30. The number of aryl methyl sites for hydroxylation is 1. The summed E-state index contributed by atoms with van der Waals surface area (Å²) in [6.45, 7) is 2.94. The van der Waals surface area contributed by atoms with Gasteiger partial charge in [0.25, 0.3) is 5.91 Å². The molecule has 0 saturated heterocycles. The third-order valence-corrected chi connectivity index (χ3v) is 7.71. The van der Waals surface area contributed by atoms with Crippen LogP contribution in [-0.4, -0.2) is 53.7 Å². The fourth-order valence-corrected chi connectivity index (χ4v) is 5.30. The molecule has 3 aromatic carbocycles.